The summed E-state index contributed by atoms with van der Waals surface area (Å²) in [5.74, 6) is 0.537. The molecular weight excluding hydrogens is 272 g/mol. The van der Waals surface area contributed by atoms with E-state index < -0.39 is 5.97 Å². The second kappa shape index (κ2) is 7.39. The summed E-state index contributed by atoms with van der Waals surface area (Å²) in [4.78, 5) is 14.8. The van der Waals surface area contributed by atoms with Crippen molar-refractivity contribution >= 4 is 5.97 Å². The predicted octanol–water partition coefficient (Wildman–Crippen LogP) is 0.724. The molecule has 7 nitrogen and oxygen atoms in total. The van der Waals surface area contributed by atoms with E-state index in [9.17, 15) is 4.79 Å². The molecule has 0 spiro atoms. The van der Waals surface area contributed by atoms with Crippen molar-refractivity contribution in [3.63, 3.8) is 0 Å². The van der Waals surface area contributed by atoms with Crippen LogP contribution in [0.15, 0.2) is 30.6 Å². The van der Waals surface area contributed by atoms with Gasteiger partial charge in [-0.3, -0.25) is 4.68 Å². The largest absolute Gasteiger partial charge is 0.492 e. The topological polar surface area (TPSA) is 89.3 Å². The van der Waals surface area contributed by atoms with E-state index in [1.165, 1.54) is 12.1 Å². The number of carboxylic acids is 1. The maximum absolute atomic E-state index is 10.7. The highest BCUT2D eigenvalue weighted by molar-refractivity contribution is 5.87. The fraction of sp³-hybridized carbons (Fsp3) is 0.357. The fourth-order valence-corrected chi connectivity index (χ4v) is 1.76. The minimum absolute atomic E-state index is 0.253. The Balaban J connectivity index is 1.60. The highest BCUT2D eigenvalue weighted by atomic mass is 16.5. The monoisotopic (exact) mass is 290 g/mol. The molecule has 0 amide bonds. The van der Waals surface area contributed by atoms with Crippen LogP contribution in [-0.4, -0.2) is 45.5 Å². The summed E-state index contributed by atoms with van der Waals surface area (Å²) in [6.07, 6.45) is 2.45. The molecule has 0 atom stereocenters. The first-order chi connectivity index (χ1) is 10.1. The number of aromatic nitrogens is 3. The molecule has 0 radical (unpaired) electrons. The van der Waals surface area contributed by atoms with Crippen LogP contribution in [-0.2, 0) is 13.5 Å². The molecule has 0 saturated carbocycles. The number of nitrogens with one attached hydrogen (secondary N) is 1. The van der Waals surface area contributed by atoms with E-state index >= 15 is 0 Å². The van der Waals surface area contributed by atoms with Gasteiger partial charge in [-0.1, -0.05) is 0 Å². The Morgan fingerprint density at radius 2 is 2.10 bits per heavy atom. The van der Waals surface area contributed by atoms with Crippen molar-refractivity contribution in [2.45, 2.75) is 6.42 Å². The Bertz CT molecular complexity index is 580. The molecule has 2 aromatic rings. The molecule has 1 aromatic heterocycles. The van der Waals surface area contributed by atoms with E-state index in [0.29, 0.717) is 18.9 Å². The van der Waals surface area contributed by atoms with Gasteiger partial charge in [-0.15, -0.1) is 0 Å². The standard InChI is InChI=1S/C14H18N4O3/c1-18-10-16-13(17-18)6-7-15-8-9-21-12-4-2-11(3-5-12)14(19)20/h2-5,10,15H,6-9H2,1H3,(H,19,20). The predicted molar refractivity (Wildman–Crippen MR) is 76.5 cm³/mol. The van der Waals surface area contributed by atoms with E-state index in [4.69, 9.17) is 9.84 Å². The van der Waals surface area contributed by atoms with Gasteiger partial charge >= 0.3 is 5.97 Å². The summed E-state index contributed by atoms with van der Waals surface area (Å²) in [5, 5.41) is 16.2. The molecule has 2 rings (SSSR count). The number of ether oxygens (including phenoxy) is 1. The molecule has 0 aliphatic heterocycles. The van der Waals surface area contributed by atoms with Crippen molar-refractivity contribution in [1.29, 1.82) is 0 Å². The summed E-state index contributed by atoms with van der Waals surface area (Å²) >= 11 is 0. The highest BCUT2D eigenvalue weighted by Crippen LogP contribution is 2.11. The minimum atomic E-state index is -0.939. The molecule has 1 heterocycles. The second-order valence-corrected chi connectivity index (χ2v) is 4.51. The molecule has 2 N–H and O–H groups in total. The molecule has 0 bridgehead atoms. The van der Waals surface area contributed by atoms with Gasteiger partial charge in [0.25, 0.3) is 0 Å². The van der Waals surface area contributed by atoms with Crippen LogP contribution in [0.4, 0.5) is 0 Å². The number of benzene rings is 1. The number of rotatable bonds is 8. The maximum Gasteiger partial charge on any atom is 0.335 e. The number of aromatic carboxylic acids is 1. The lowest BCUT2D eigenvalue weighted by Crippen LogP contribution is -2.23. The lowest BCUT2D eigenvalue weighted by molar-refractivity contribution is 0.0697. The van der Waals surface area contributed by atoms with Crippen LogP contribution in [0.1, 0.15) is 16.2 Å². The summed E-state index contributed by atoms with van der Waals surface area (Å²) in [5.41, 5.74) is 0.253. The van der Waals surface area contributed by atoms with Gasteiger partial charge in [-0.05, 0) is 24.3 Å². The van der Waals surface area contributed by atoms with E-state index in [-0.39, 0.29) is 5.56 Å². The van der Waals surface area contributed by atoms with Crippen LogP contribution in [0.2, 0.25) is 0 Å². The molecule has 0 saturated heterocycles. The Morgan fingerprint density at radius 3 is 2.71 bits per heavy atom. The van der Waals surface area contributed by atoms with Crippen molar-refractivity contribution in [3.8, 4) is 5.75 Å². The highest BCUT2D eigenvalue weighted by Gasteiger charge is 2.02. The smallest absolute Gasteiger partial charge is 0.335 e. The zero-order valence-electron chi connectivity index (χ0n) is 11.8. The molecule has 0 aliphatic rings. The third kappa shape index (κ3) is 4.88. The first-order valence-corrected chi connectivity index (χ1v) is 6.66. The molecular formula is C14H18N4O3. The van der Waals surface area contributed by atoms with Gasteiger partial charge in [0.2, 0.25) is 0 Å². The molecule has 0 aliphatic carbocycles. The zero-order valence-corrected chi connectivity index (χ0v) is 11.8. The fourth-order valence-electron chi connectivity index (χ4n) is 1.76. The molecule has 0 fully saturated rings. The van der Waals surface area contributed by atoms with Crippen molar-refractivity contribution in [1.82, 2.24) is 20.1 Å². The van der Waals surface area contributed by atoms with E-state index in [2.05, 4.69) is 15.4 Å². The van der Waals surface area contributed by atoms with E-state index in [1.54, 1.807) is 23.1 Å². The third-order valence-corrected chi connectivity index (χ3v) is 2.82. The number of aryl methyl sites for hydroxylation is 1. The SMILES string of the molecule is Cn1cnc(CCNCCOc2ccc(C(=O)O)cc2)n1. The van der Waals surface area contributed by atoms with Crippen molar-refractivity contribution in [2.75, 3.05) is 19.7 Å². The maximum atomic E-state index is 10.7. The normalized spacial score (nSPS) is 10.5. The van der Waals surface area contributed by atoms with Gasteiger partial charge in [0, 0.05) is 26.6 Å². The average molecular weight is 290 g/mol. The van der Waals surface area contributed by atoms with Gasteiger partial charge in [-0.25, -0.2) is 9.78 Å². The second-order valence-electron chi connectivity index (χ2n) is 4.51. The first kappa shape index (κ1) is 15.0. The number of carbonyl (C=O) groups is 1. The van der Waals surface area contributed by atoms with Crippen molar-refractivity contribution in [2.24, 2.45) is 7.05 Å². The summed E-state index contributed by atoms with van der Waals surface area (Å²) < 4.78 is 7.19. The zero-order chi connectivity index (χ0) is 15.1. The van der Waals surface area contributed by atoms with Gasteiger partial charge < -0.3 is 15.2 Å². The van der Waals surface area contributed by atoms with Crippen molar-refractivity contribution < 1.29 is 14.6 Å². The number of hydrogen-bond donors (Lipinski definition) is 2. The lowest BCUT2D eigenvalue weighted by Gasteiger charge is -2.07. The third-order valence-electron chi connectivity index (χ3n) is 2.82. The van der Waals surface area contributed by atoms with Crippen molar-refractivity contribution in [3.05, 3.63) is 42.0 Å². The number of carboxylic acid groups (broad SMARTS) is 1. The summed E-state index contributed by atoms with van der Waals surface area (Å²) in [7, 11) is 1.84. The molecule has 112 valence electrons. The first-order valence-electron chi connectivity index (χ1n) is 6.66. The number of nitrogens with zero attached hydrogens (tertiary/aromatic N) is 3. The Kier molecular flexibility index (Phi) is 5.28. The quantitative estimate of drug-likeness (QED) is 0.697. The Hall–Kier alpha value is -2.41. The van der Waals surface area contributed by atoms with Crippen LogP contribution in [0.3, 0.4) is 0 Å². The van der Waals surface area contributed by atoms with Crippen LogP contribution >= 0.6 is 0 Å². The van der Waals surface area contributed by atoms with Gasteiger partial charge in [-0.2, -0.15) is 5.10 Å². The van der Waals surface area contributed by atoms with Gasteiger partial charge in [0.1, 0.15) is 18.7 Å². The van der Waals surface area contributed by atoms with Crippen LogP contribution < -0.4 is 10.1 Å². The molecule has 0 unspecified atom stereocenters. The summed E-state index contributed by atoms with van der Waals surface area (Å²) in [6, 6.07) is 6.36. The molecule has 1 aromatic carbocycles. The van der Waals surface area contributed by atoms with Crippen LogP contribution in [0.5, 0.6) is 5.75 Å². The lowest BCUT2D eigenvalue weighted by atomic mass is 10.2. The van der Waals surface area contributed by atoms with Crippen LogP contribution in [0.25, 0.3) is 0 Å². The van der Waals surface area contributed by atoms with Gasteiger partial charge in [0.05, 0.1) is 5.56 Å². The number of hydrogen-bond acceptors (Lipinski definition) is 5. The minimum Gasteiger partial charge on any atom is -0.492 e. The van der Waals surface area contributed by atoms with E-state index in [1.807, 2.05) is 7.05 Å². The molecule has 7 heteroatoms. The Labute approximate surface area is 122 Å². The van der Waals surface area contributed by atoms with E-state index in [0.717, 1.165) is 18.8 Å². The molecule has 21 heavy (non-hydrogen) atoms. The summed E-state index contributed by atoms with van der Waals surface area (Å²) in [6.45, 7) is 2.00. The average Bonchev–Trinajstić information content (AvgIpc) is 2.89. The van der Waals surface area contributed by atoms with Gasteiger partial charge in [0.15, 0.2) is 5.82 Å². The Morgan fingerprint density at radius 1 is 1.33 bits per heavy atom. The van der Waals surface area contributed by atoms with Crippen LogP contribution in [0, 0.1) is 0 Å².